The van der Waals surface area contributed by atoms with E-state index in [1.807, 2.05) is 0 Å². The smallest absolute Gasteiger partial charge is 0.227 e. The van der Waals surface area contributed by atoms with E-state index in [4.69, 9.17) is 11.6 Å². The molecule has 2 rings (SSSR count). The number of hydrogen-bond donors (Lipinski definition) is 0. The molecule has 1 saturated heterocycles. The monoisotopic (exact) mass is 317 g/mol. The van der Waals surface area contributed by atoms with Crippen LogP contribution in [0.5, 0.6) is 0 Å². The number of benzene rings is 1. The Morgan fingerprint density at radius 1 is 1.59 bits per heavy atom. The number of carbonyl (C=O) groups is 1. The molecule has 0 radical (unpaired) electrons. The zero-order valence-electron chi connectivity index (χ0n) is 8.92. The van der Waals surface area contributed by atoms with Gasteiger partial charge >= 0.3 is 0 Å². The maximum absolute atomic E-state index is 13.8. The lowest BCUT2D eigenvalue weighted by molar-refractivity contribution is -0.117. The van der Waals surface area contributed by atoms with Gasteiger partial charge in [0.05, 0.1) is 10.7 Å². The number of halogens is 3. The Hall–Kier alpha value is -0.870. The zero-order valence-corrected chi connectivity index (χ0v) is 11.3. The van der Waals surface area contributed by atoms with Crippen molar-refractivity contribution in [1.29, 1.82) is 0 Å². The van der Waals surface area contributed by atoms with Gasteiger partial charge in [0.2, 0.25) is 5.91 Å². The minimum atomic E-state index is -0.498. The van der Waals surface area contributed by atoms with Crippen molar-refractivity contribution < 1.29 is 9.18 Å². The second-order valence-electron chi connectivity index (χ2n) is 3.92. The Bertz CT molecular complexity index is 468. The molecule has 1 unspecified atom stereocenters. The molecule has 0 aliphatic carbocycles. The van der Waals surface area contributed by atoms with Crippen LogP contribution in [0.15, 0.2) is 29.3 Å². The van der Waals surface area contributed by atoms with Gasteiger partial charge in [-0.2, -0.15) is 0 Å². The van der Waals surface area contributed by atoms with Crippen molar-refractivity contribution in [3.8, 4) is 0 Å². The number of amides is 1. The number of anilines is 1. The fraction of sp³-hybridized carbons (Fsp3) is 0.250. The highest BCUT2D eigenvalue weighted by atomic mass is 79.9. The van der Waals surface area contributed by atoms with E-state index in [1.54, 1.807) is 12.1 Å². The highest BCUT2D eigenvalue weighted by Crippen LogP contribution is 2.35. The summed E-state index contributed by atoms with van der Waals surface area (Å²) in [5.41, 5.74) is 0.157. The molecule has 1 amide bonds. The van der Waals surface area contributed by atoms with Gasteiger partial charge in [-0.3, -0.25) is 4.79 Å². The fourth-order valence-corrected chi connectivity index (χ4v) is 2.77. The molecule has 1 aromatic carbocycles. The van der Waals surface area contributed by atoms with Gasteiger partial charge < -0.3 is 4.90 Å². The summed E-state index contributed by atoms with van der Waals surface area (Å²) in [6.07, 6.45) is 2.07. The maximum atomic E-state index is 13.8. The van der Waals surface area contributed by atoms with Crippen LogP contribution in [-0.4, -0.2) is 12.5 Å². The zero-order chi connectivity index (χ0) is 12.6. The van der Waals surface area contributed by atoms with Gasteiger partial charge in [0.15, 0.2) is 0 Å². The summed E-state index contributed by atoms with van der Waals surface area (Å²) in [7, 11) is 0. The molecule has 1 aromatic rings. The van der Waals surface area contributed by atoms with Crippen molar-refractivity contribution in [1.82, 2.24) is 0 Å². The summed E-state index contributed by atoms with van der Waals surface area (Å²) in [6.45, 7) is 4.08. The lowest BCUT2D eigenvalue weighted by Crippen LogP contribution is -2.25. The third-order valence-corrected chi connectivity index (χ3v) is 3.49. The topological polar surface area (TPSA) is 20.3 Å². The molecule has 1 fully saturated rings. The molecule has 0 aromatic heterocycles. The number of rotatable bonds is 2. The van der Waals surface area contributed by atoms with Crippen LogP contribution in [0.25, 0.3) is 0 Å². The maximum Gasteiger partial charge on any atom is 0.227 e. The fourth-order valence-electron chi connectivity index (χ4n) is 1.90. The van der Waals surface area contributed by atoms with Crippen LogP contribution in [-0.2, 0) is 4.79 Å². The predicted molar refractivity (Wildman–Crippen MR) is 69.8 cm³/mol. The van der Waals surface area contributed by atoms with Crippen molar-refractivity contribution in [2.75, 3.05) is 11.4 Å². The van der Waals surface area contributed by atoms with Crippen LogP contribution in [0.4, 0.5) is 10.1 Å². The Morgan fingerprint density at radius 2 is 2.29 bits per heavy atom. The molecular weight excluding hydrogens is 308 g/mol. The molecule has 0 spiro atoms. The molecule has 1 atom stereocenters. The first-order valence-electron chi connectivity index (χ1n) is 5.10. The first-order chi connectivity index (χ1) is 8.02. The van der Waals surface area contributed by atoms with E-state index in [0.29, 0.717) is 17.4 Å². The van der Waals surface area contributed by atoms with Gasteiger partial charge in [0, 0.05) is 23.4 Å². The Morgan fingerprint density at radius 3 is 2.82 bits per heavy atom. The molecule has 0 bridgehead atoms. The molecule has 0 saturated carbocycles. The van der Waals surface area contributed by atoms with E-state index in [1.165, 1.54) is 11.0 Å². The summed E-state index contributed by atoms with van der Waals surface area (Å²) >= 11 is 9.13. The molecule has 0 N–H and O–H groups in total. The third-order valence-electron chi connectivity index (χ3n) is 2.74. The van der Waals surface area contributed by atoms with E-state index < -0.39 is 5.82 Å². The standard InChI is InChI=1S/C12H10BrClFNO/c1-2-7-3-11(17)16(6-7)12-9(14)4-8(13)5-10(12)15/h2,4-5,7H,1,3,6H2. The molecule has 17 heavy (non-hydrogen) atoms. The van der Waals surface area contributed by atoms with E-state index in [-0.39, 0.29) is 22.5 Å². The summed E-state index contributed by atoms with van der Waals surface area (Å²) in [5, 5.41) is 0.231. The molecular formula is C12H10BrClFNO. The Kier molecular flexibility index (Phi) is 3.54. The molecule has 90 valence electrons. The van der Waals surface area contributed by atoms with Crippen LogP contribution in [0, 0.1) is 11.7 Å². The minimum Gasteiger partial charge on any atom is -0.308 e. The van der Waals surface area contributed by atoms with Crippen LogP contribution in [0.3, 0.4) is 0 Å². The normalized spacial score (nSPS) is 19.8. The number of carbonyl (C=O) groups excluding carboxylic acids is 1. The quantitative estimate of drug-likeness (QED) is 0.760. The molecule has 5 heteroatoms. The van der Waals surface area contributed by atoms with Gasteiger partial charge in [-0.15, -0.1) is 6.58 Å². The van der Waals surface area contributed by atoms with Crippen molar-refractivity contribution in [3.05, 3.63) is 40.1 Å². The second kappa shape index (κ2) is 4.78. The summed E-state index contributed by atoms with van der Waals surface area (Å²) in [6, 6.07) is 2.88. The van der Waals surface area contributed by atoms with Gasteiger partial charge in [-0.1, -0.05) is 33.6 Å². The van der Waals surface area contributed by atoms with Crippen molar-refractivity contribution in [3.63, 3.8) is 0 Å². The van der Waals surface area contributed by atoms with Crippen molar-refractivity contribution >= 4 is 39.1 Å². The highest BCUT2D eigenvalue weighted by Gasteiger charge is 2.31. The molecule has 1 heterocycles. The van der Waals surface area contributed by atoms with Gasteiger partial charge in [0.25, 0.3) is 0 Å². The van der Waals surface area contributed by atoms with Crippen LogP contribution in [0.1, 0.15) is 6.42 Å². The van der Waals surface area contributed by atoms with Gasteiger partial charge in [0.1, 0.15) is 5.82 Å². The summed E-state index contributed by atoms with van der Waals surface area (Å²) in [5.74, 6) is -0.568. The van der Waals surface area contributed by atoms with E-state index in [0.717, 1.165) is 0 Å². The summed E-state index contributed by atoms with van der Waals surface area (Å²) < 4.78 is 14.4. The largest absolute Gasteiger partial charge is 0.308 e. The Balaban J connectivity index is 2.41. The average Bonchev–Trinajstić information content (AvgIpc) is 2.59. The van der Waals surface area contributed by atoms with Crippen molar-refractivity contribution in [2.24, 2.45) is 5.92 Å². The van der Waals surface area contributed by atoms with E-state index in [9.17, 15) is 9.18 Å². The number of hydrogen-bond acceptors (Lipinski definition) is 1. The third kappa shape index (κ3) is 2.38. The van der Waals surface area contributed by atoms with Gasteiger partial charge in [-0.05, 0) is 12.1 Å². The van der Waals surface area contributed by atoms with E-state index >= 15 is 0 Å². The lowest BCUT2D eigenvalue weighted by Gasteiger charge is -2.18. The van der Waals surface area contributed by atoms with Gasteiger partial charge in [-0.25, -0.2) is 4.39 Å². The first kappa shape index (κ1) is 12.6. The lowest BCUT2D eigenvalue weighted by atomic mass is 10.1. The van der Waals surface area contributed by atoms with Crippen LogP contribution >= 0.6 is 27.5 Å². The molecule has 1 aliphatic heterocycles. The van der Waals surface area contributed by atoms with E-state index in [2.05, 4.69) is 22.5 Å². The average molecular weight is 319 g/mol. The second-order valence-corrected chi connectivity index (χ2v) is 5.25. The van der Waals surface area contributed by atoms with Crippen LogP contribution < -0.4 is 4.90 Å². The Labute approximate surface area is 112 Å². The number of nitrogens with zero attached hydrogens (tertiary/aromatic N) is 1. The molecule has 2 nitrogen and oxygen atoms in total. The van der Waals surface area contributed by atoms with Crippen LogP contribution in [0.2, 0.25) is 5.02 Å². The molecule has 1 aliphatic rings. The SMILES string of the molecule is C=CC1CC(=O)N(c2c(F)cc(Br)cc2Cl)C1. The first-order valence-corrected chi connectivity index (χ1v) is 6.27. The van der Waals surface area contributed by atoms with Crippen molar-refractivity contribution in [2.45, 2.75) is 6.42 Å². The summed E-state index contributed by atoms with van der Waals surface area (Å²) in [4.78, 5) is 13.2. The predicted octanol–water partition coefficient (Wildman–Crippen LogP) is 3.78. The highest BCUT2D eigenvalue weighted by molar-refractivity contribution is 9.10. The minimum absolute atomic E-state index is 0.0570.